The van der Waals surface area contributed by atoms with E-state index in [1.54, 1.807) is 0 Å². The second-order valence-corrected chi connectivity index (χ2v) is 4.35. The number of nitrogens with zero attached hydrogens (tertiary/aromatic N) is 1. The fourth-order valence-electron chi connectivity index (χ4n) is 1.02. The standard InChI is InChI=1S/C7H5NO2Se.K/c9-7(10)5-3-6-4(8-5)1-2-11-6;/h1-2H,3H2,(H,9,10);/q;+1/p-1. The maximum atomic E-state index is 10.3. The molecule has 0 saturated carbocycles. The average molecular weight is 252 g/mol. The zero-order valence-electron chi connectivity index (χ0n) is 6.53. The van der Waals surface area contributed by atoms with E-state index in [1.165, 1.54) is 0 Å². The van der Waals surface area contributed by atoms with E-state index in [4.69, 9.17) is 0 Å². The summed E-state index contributed by atoms with van der Waals surface area (Å²) in [7, 11) is 0. The molecule has 2 heterocycles. The topological polar surface area (TPSA) is 52.5 Å². The van der Waals surface area contributed by atoms with Gasteiger partial charge >= 0.3 is 120 Å². The number of fused-ring (bicyclic) bond motifs is 1. The quantitative estimate of drug-likeness (QED) is 0.480. The maximum absolute atomic E-state index is 10.3. The summed E-state index contributed by atoms with van der Waals surface area (Å²) >= 11 is 0.329. The third-order valence-electron chi connectivity index (χ3n) is 1.54. The molecule has 0 saturated heterocycles. The molecule has 1 aromatic heterocycles. The zero-order chi connectivity index (χ0) is 7.84. The van der Waals surface area contributed by atoms with Crippen LogP contribution >= 0.6 is 0 Å². The number of aliphatic imine (C=N–C) groups is 1. The molecule has 0 aliphatic carbocycles. The van der Waals surface area contributed by atoms with E-state index in [0.29, 0.717) is 20.9 Å². The Kier molecular flexibility index (Phi) is 3.91. The Balaban J connectivity index is 0.000000720. The second-order valence-electron chi connectivity index (χ2n) is 2.25. The van der Waals surface area contributed by atoms with Crippen molar-refractivity contribution in [3.8, 4) is 0 Å². The molecule has 0 spiro atoms. The largest absolute Gasteiger partial charge is 1.00 e. The number of carbonyl (C=O) groups excluding carboxylic acids is 1. The molecule has 0 N–H and O–H groups in total. The van der Waals surface area contributed by atoms with Crippen LogP contribution in [-0.4, -0.2) is 26.2 Å². The minimum Gasteiger partial charge on any atom is 1.00 e. The first-order valence-electron chi connectivity index (χ1n) is 3.12. The van der Waals surface area contributed by atoms with Gasteiger partial charge in [-0.2, -0.15) is 0 Å². The molecule has 0 aromatic carbocycles. The summed E-state index contributed by atoms with van der Waals surface area (Å²) in [5.41, 5.74) is 1.03. The number of carboxylic acids is 1. The molecular weight excluding hydrogens is 248 g/mol. The Hall–Kier alpha value is 0.776. The van der Waals surface area contributed by atoms with Crippen LogP contribution in [0.15, 0.2) is 16.0 Å². The van der Waals surface area contributed by atoms with Gasteiger partial charge in [-0.15, -0.1) is 0 Å². The van der Waals surface area contributed by atoms with Crippen LogP contribution in [0.25, 0.3) is 0 Å². The molecular formula is C7H4KNO2Se. The van der Waals surface area contributed by atoms with Crippen molar-refractivity contribution in [1.29, 1.82) is 0 Å². The van der Waals surface area contributed by atoms with Gasteiger partial charge < -0.3 is 0 Å². The zero-order valence-corrected chi connectivity index (χ0v) is 11.4. The minimum atomic E-state index is -1.14. The number of hydrogen-bond donors (Lipinski definition) is 0. The van der Waals surface area contributed by atoms with E-state index >= 15 is 0 Å². The smallest absolute Gasteiger partial charge is 1.00 e. The van der Waals surface area contributed by atoms with Crippen molar-refractivity contribution in [2.45, 2.75) is 6.42 Å². The molecule has 12 heavy (non-hydrogen) atoms. The van der Waals surface area contributed by atoms with Crippen molar-refractivity contribution < 1.29 is 61.3 Å². The van der Waals surface area contributed by atoms with Crippen LogP contribution in [0.2, 0.25) is 0 Å². The van der Waals surface area contributed by atoms with Crippen LogP contribution < -0.4 is 56.5 Å². The molecule has 3 nitrogen and oxygen atoms in total. The summed E-state index contributed by atoms with van der Waals surface area (Å²) in [6.45, 7) is 0. The summed E-state index contributed by atoms with van der Waals surface area (Å²) in [5.74, 6) is -1.14. The summed E-state index contributed by atoms with van der Waals surface area (Å²) in [6.07, 6.45) is 0.491. The summed E-state index contributed by atoms with van der Waals surface area (Å²) in [4.78, 5) is 16.3. The summed E-state index contributed by atoms with van der Waals surface area (Å²) in [5, 5.41) is 10.3. The summed E-state index contributed by atoms with van der Waals surface area (Å²) < 4.78 is 1.16. The van der Waals surface area contributed by atoms with Crippen LogP contribution in [0, 0.1) is 0 Å². The predicted octanol–water partition coefficient (Wildman–Crippen LogP) is -3.87. The minimum absolute atomic E-state index is 0. The molecule has 0 unspecified atom stereocenters. The normalized spacial score (nSPS) is 13.2. The number of rotatable bonds is 1. The van der Waals surface area contributed by atoms with Gasteiger partial charge in [0.1, 0.15) is 0 Å². The second kappa shape index (κ2) is 4.33. The summed E-state index contributed by atoms with van der Waals surface area (Å²) in [6, 6.07) is 1.88. The molecule has 0 atom stereocenters. The van der Waals surface area contributed by atoms with Gasteiger partial charge in [0, 0.05) is 0 Å². The fourth-order valence-corrected chi connectivity index (χ4v) is 2.73. The Morgan fingerprint density at radius 3 is 3.00 bits per heavy atom. The van der Waals surface area contributed by atoms with E-state index in [0.717, 1.165) is 10.1 Å². The van der Waals surface area contributed by atoms with Gasteiger partial charge in [0.15, 0.2) is 0 Å². The van der Waals surface area contributed by atoms with Gasteiger partial charge in [0.2, 0.25) is 0 Å². The van der Waals surface area contributed by atoms with Crippen molar-refractivity contribution in [1.82, 2.24) is 0 Å². The van der Waals surface area contributed by atoms with Gasteiger partial charge in [-0.3, -0.25) is 0 Å². The molecule has 1 aliphatic rings. The van der Waals surface area contributed by atoms with Crippen molar-refractivity contribution in [2.24, 2.45) is 4.99 Å². The SMILES string of the molecule is O=C([O-])C1=Nc2cc[se]c2C1.[K+]. The first-order chi connectivity index (χ1) is 5.27. The van der Waals surface area contributed by atoms with Crippen molar-refractivity contribution in [3.63, 3.8) is 0 Å². The van der Waals surface area contributed by atoms with Crippen LogP contribution in [0.1, 0.15) is 4.44 Å². The van der Waals surface area contributed by atoms with E-state index < -0.39 is 5.97 Å². The van der Waals surface area contributed by atoms with Gasteiger partial charge in [-0.05, 0) is 0 Å². The first kappa shape index (κ1) is 10.9. The Labute approximate surface area is 118 Å². The Morgan fingerprint density at radius 1 is 1.67 bits per heavy atom. The molecule has 56 valence electrons. The van der Waals surface area contributed by atoms with Gasteiger partial charge in [-0.25, -0.2) is 0 Å². The van der Waals surface area contributed by atoms with Crippen molar-refractivity contribution in [2.75, 3.05) is 0 Å². The predicted molar refractivity (Wildman–Crippen MR) is 39.2 cm³/mol. The van der Waals surface area contributed by atoms with E-state index in [9.17, 15) is 9.90 Å². The molecule has 5 heteroatoms. The van der Waals surface area contributed by atoms with Crippen molar-refractivity contribution >= 4 is 31.9 Å². The third kappa shape index (κ3) is 1.99. The van der Waals surface area contributed by atoms with Crippen LogP contribution in [0.3, 0.4) is 0 Å². The van der Waals surface area contributed by atoms with Crippen LogP contribution in [0.4, 0.5) is 5.69 Å². The number of carbonyl (C=O) groups is 1. The molecule has 0 fully saturated rings. The number of hydrogen-bond acceptors (Lipinski definition) is 3. The first-order valence-corrected chi connectivity index (χ1v) is 4.97. The number of carboxylic acid groups (broad SMARTS) is 1. The molecule has 1 aliphatic heterocycles. The van der Waals surface area contributed by atoms with E-state index in [1.807, 2.05) is 11.0 Å². The Morgan fingerprint density at radius 2 is 2.42 bits per heavy atom. The molecule has 1 aromatic rings. The van der Waals surface area contributed by atoms with Gasteiger partial charge in [-0.1, -0.05) is 0 Å². The van der Waals surface area contributed by atoms with Crippen LogP contribution in [-0.2, 0) is 11.2 Å². The molecule has 0 amide bonds. The van der Waals surface area contributed by atoms with Crippen LogP contribution in [0.5, 0.6) is 0 Å². The van der Waals surface area contributed by atoms with E-state index in [-0.39, 0.29) is 57.1 Å². The average Bonchev–Trinajstić information content (AvgIpc) is 2.40. The molecule has 2 rings (SSSR count). The molecule has 0 radical (unpaired) electrons. The maximum Gasteiger partial charge on any atom is 1.00 e. The fraction of sp³-hybridized carbons (Fsp3) is 0.143. The Bertz CT molecular complexity index is 345. The van der Waals surface area contributed by atoms with E-state index in [2.05, 4.69) is 4.99 Å². The molecule has 0 bridgehead atoms. The van der Waals surface area contributed by atoms with Gasteiger partial charge in [0.25, 0.3) is 0 Å². The monoisotopic (exact) mass is 253 g/mol. The number of aliphatic carboxylic acids is 1. The van der Waals surface area contributed by atoms with Crippen molar-refractivity contribution in [3.05, 3.63) is 15.4 Å². The van der Waals surface area contributed by atoms with Gasteiger partial charge in [0.05, 0.1) is 0 Å². The third-order valence-corrected chi connectivity index (χ3v) is 3.45.